The Morgan fingerprint density at radius 3 is 2.82 bits per heavy atom. The molecule has 0 aliphatic carbocycles. The van der Waals surface area contributed by atoms with Crippen molar-refractivity contribution in [3.8, 4) is 0 Å². The number of benzene rings is 1. The average Bonchev–Trinajstić information content (AvgIpc) is 2.53. The van der Waals surface area contributed by atoms with Crippen LogP contribution in [-0.2, 0) is 6.54 Å². The van der Waals surface area contributed by atoms with Crippen LogP contribution in [0.15, 0.2) is 47.4 Å². The van der Waals surface area contributed by atoms with Gasteiger partial charge in [0.2, 0.25) is 0 Å². The second kappa shape index (κ2) is 7.40. The summed E-state index contributed by atoms with van der Waals surface area (Å²) in [6.45, 7) is 0.978. The van der Waals surface area contributed by atoms with Crippen molar-refractivity contribution in [1.82, 2.24) is 15.1 Å². The maximum atomic E-state index is 12.1. The number of anilines is 1. The standard InChI is InChI=1S/C16H20N4O2/c1-19(2)14-7-3-6-13(12-14)16(22)17-9-5-11-20-15(21)8-4-10-18-20/h3-4,6-8,10,12H,5,9,11H2,1-2H3,(H,17,22). The zero-order valence-corrected chi connectivity index (χ0v) is 12.8. The molecule has 2 rings (SSSR count). The lowest BCUT2D eigenvalue weighted by molar-refractivity contribution is 0.0952. The fourth-order valence-corrected chi connectivity index (χ4v) is 2.01. The molecule has 1 heterocycles. The van der Waals surface area contributed by atoms with Crippen LogP contribution in [0.4, 0.5) is 5.69 Å². The zero-order valence-electron chi connectivity index (χ0n) is 12.8. The topological polar surface area (TPSA) is 67.2 Å². The van der Waals surface area contributed by atoms with Crippen LogP contribution >= 0.6 is 0 Å². The van der Waals surface area contributed by atoms with Crippen molar-refractivity contribution in [3.63, 3.8) is 0 Å². The molecule has 116 valence electrons. The molecule has 1 aromatic carbocycles. The van der Waals surface area contributed by atoms with E-state index >= 15 is 0 Å². The van der Waals surface area contributed by atoms with Gasteiger partial charge in [-0.2, -0.15) is 5.10 Å². The minimum atomic E-state index is -0.132. The maximum absolute atomic E-state index is 12.1. The zero-order chi connectivity index (χ0) is 15.9. The van der Waals surface area contributed by atoms with Gasteiger partial charge in [-0.05, 0) is 30.7 Å². The normalized spacial score (nSPS) is 10.3. The highest BCUT2D eigenvalue weighted by atomic mass is 16.1. The average molecular weight is 300 g/mol. The molecule has 1 aromatic heterocycles. The van der Waals surface area contributed by atoms with E-state index in [4.69, 9.17) is 0 Å². The first-order valence-corrected chi connectivity index (χ1v) is 7.15. The summed E-state index contributed by atoms with van der Waals surface area (Å²) in [5.41, 5.74) is 1.47. The molecule has 6 heteroatoms. The molecule has 0 fully saturated rings. The van der Waals surface area contributed by atoms with Crippen LogP contribution in [0.5, 0.6) is 0 Å². The van der Waals surface area contributed by atoms with Gasteiger partial charge < -0.3 is 10.2 Å². The van der Waals surface area contributed by atoms with Crippen molar-refractivity contribution in [2.75, 3.05) is 25.5 Å². The smallest absolute Gasteiger partial charge is 0.266 e. The van der Waals surface area contributed by atoms with Gasteiger partial charge >= 0.3 is 0 Å². The summed E-state index contributed by atoms with van der Waals surface area (Å²) in [7, 11) is 3.86. The molecule has 1 N–H and O–H groups in total. The Labute approximate surface area is 129 Å². The van der Waals surface area contributed by atoms with Crippen LogP contribution in [0.25, 0.3) is 0 Å². The molecule has 0 bridgehead atoms. The van der Waals surface area contributed by atoms with E-state index in [1.807, 2.05) is 37.2 Å². The van der Waals surface area contributed by atoms with E-state index in [2.05, 4.69) is 10.4 Å². The number of rotatable bonds is 6. The van der Waals surface area contributed by atoms with Gasteiger partial charge in [-0.15, -0.1) is 0 Å². The van der Waals surface area contributed by atoms with Crippen molar-refractivity contribution in [3.05, 3.63) is 58.5 Å². The second-order valence-corrected chi connectivity index (χ2v) is 5.14. The highest BCUT2D eigenvalue weighted by Gasteiger charge is 2.06. The van der Waals surface area contributed by atoms with E-state index in [-0.39, 0.29) is 11.5 Å². The van der Waals surface area contributed by atoms with Crippen LogP contribution in [0.1, 0.15) is 16.8 Å². The van der Waals surface area contributed by atoms with Crippen molar-refractivity contribution in [2.45, 2.75) is 13.0 Å². The van der Waals surface area contributed by atoms with Gasteiger partial charge in [0.15, 0.2) is 0 Å². The van der Waals surface area contributed by atoms with E-state index in [0.29, 0.717) is 25.1 Å². The van der Waals surface area contributed by atoms with Crippen molar-refractivity contribution in [2.24, 2.45) is 0 Å². The Balaban J connectivity index is 1.84. The Bertz CT molecular complexity index is 694. The lowest BCUT2D eigenvalue weighted by atomic mass is 10.2. The number of hydrogen-bond donors (Lipinski definition) is 1. The summed E-state index contributed by atoms with van der Waals surface area (Å²) in [6.07, 6.45) is 2.22. The number of amides is 1. The number of aromatic nitrogens is 2. The highest BCUT2D eigenvalue weighted by molar-refractivity contribution is 5.95. The fraction of sp³-hybridized carbons (Fsp3) is 0.312. The molecule has 2 aromatic rings. The lowest BCUT2D eigenvalue weighted by Gasteiger charge is -2.13. The van der Waals surface area contributed by atoms with Crippen LogP contribution in [0, 0.1) is 0 Å². The number of hydrogen-bond acceptors (Lipinski definition) is 4. The van der Waals surface area contributed by atoms with Gasteiger partial charge in [0.25, 0.3) is 11.5 Å². The Kier molecular flexibility index (Phi) is 5.30. The number of carbonyl (C=O) groups is 1. The molecule has 0 atom stereocenters. The van der Waals surface area contributed by atoms with Crippen molar-refractivity contribution >= 4 is 11.6 Å². The van der Waals surface area contributed by atoms with Crippen molar-refractivity contribution < 1.29 is 4.79 Å². The predicted octanol–water partition coefficient (Wildman–Crippen LogP) is 1.13. The van der Waals surface area contributed by atoms with Crippen LogP contribution in [0.3, 0.4) is 0 Å². The molecule has 0 radical (unpaired) electrons. The van der Waals surface area contributed by atoms with Gasteiger partial charge in [0.1, 0.15) is 0 Å². The van der Waals surface area contributed by atoms with E-state index in [0.717, 1.165) is 5.69 Å². The molecule has 0 unspecified atom stereocenters. The molecule has 0 saturated carbocycles. The lowest BCUT2D eigenvalue weighted by Crippen LogP contribution is -2.27. The first-order valence-electron chi connectivity index (χ1n) is 7.15. The Morgan fingerprint density at radius 1 is 1.27 bits per heavy atom. The highest BCUT2D eigenvalue weighted by Crippen LogP contribution is 2.13. The summed E-state index contributed by atoms with van der Waals surface area (Å²) >= 11 is 0. The number of aryl methyl sites for hydroxylation is 1. The molecule has 1 amide bonds. The molecular formula is C16H20N4O2. The predicted molar refractivity (Wildman–Crippen MR) is 86.2 cm³/mol. The van der Waals surface area contributed by atoms with Gasteiger partial charge in [-0.3, -0.25) is 9.59 Å². The monoisotopic (exact) mass is 300 g/mol. The van der Waals surface area contributed by atoms with Crippen LogP contribution in [-0.4, -0.2) is 36.3 Å². The molecular weight excluding hydrogens is 280 g/mol. The summed E-state index contributed by atoms with van der Waals surface area (Å²) in [6, 6.07) is 10.5. The fourth-order valence-electron chi connectivity index (χ4n) is 2.01. The molecule has 0 aliphatic heterocycles. The number of carbonyl (C=O) groups excluding carboxylic acids is 1. The SMILES string of the molecule is CN(C)c1cccc(C(=O)NCCCn2ncccc2=O)c1. The van der Waals surface area contributed by atoms with E-state index in [9.17, 15) is 9.59 Å². The Morgan fingerprint density at radius 2 is 2.09 bits per heavy atom. The quantitative estimate of drug-likeness (QED) is 0.812. The molecule has 6 nitrogen and oxygen atoms in total. The third-order valence-electron chi connectivity index (χ3n) is 3.24. The Hall–Kier alpha value is -2.63. The summed E-state index contributed by atoms with van der Waals surface area (Å²) < 4.78 is 1.39. The number of nitrogens with one attached hydrogen (secondary N) is 1. The van der Waals surface area contributed by atoms with E-state index in [1.165, 1.54) is 10.7 Å². The molecule has 22 heavy (non-hydrogen) atoms. The first kappa shape index (κ1) is 15.8. The minimum Gasteiger partial charge on any atom is -0.378 e. The first-order chi connectivity index (χ1) is 10.6. The number of nitrogens with zero attached hydrogens (tertiary/aromatic N) is 3. The maximum Gasteiger partial charge on any atom is 0.266 e. The molecule has 0 spiro atoms. The van der Waals surface area contributed by atoms with Crippen LogP contribution < -0.4 is 15.8 Å². The third-order valence-corrected chi connectivity index (χ3v) is 3.24. The molecule has 0 aliphatic rings. The third kappa shape index (κ3) is 4.18. The summed E-state index contributed by atoms with van der Waals surface area (Å²) in [5, 5.41) is 6.82. The largest absolute Gasteiger partial charge is 0.378 e. The van der Waals surface area contributed by atoms with E-state index < -0.39 is 0 Å². The van der Waals surface area contributed by atoms with Gasteiger partial charge in [0.05, 0.1) is 0 Å². The van der Waals surface area contributed by atoms with Crippen LogP contribution in [0.2, 0.25) is 0 Å². The minimum absolute atomic E-state index is 0.114. The molecule has 0 saturated heterocycles. The van der Waals surface area contributed by atoms with Crippen molar-refractivity contribution in [1.29, 1.82) is 0 Å². The van der Waals surface area contributed by atoms with E-state index in [1.54, 1.807) is 18.3 Å². The summed E-state index contributed by atoms with van der Waals surface area (Å²) in [4.78, 5) is 25.5. The second-order valence-electron chi connectivity index (χ2n) is 5.14. The van der Waals surface area contributed by atoms with Gasteiger partial charge in [-0.25, -0.2) is 4.68 Å². The summed E-state index contributed by atoms with van der Waals surface area (Å²) in [5.74, 6) is -0.114. The van der Waals surface area contributed by atoms with Gasteiger partial charge in [0, 0.05) is 50.7 Å². The van der Waals surface area contributed by atoms with Gasteiger partial charge in [-0.1, -0.05) is 6.07 Å².